The van der Waals surface area contributed by atoms with Crippen molar-refractivity contribution < 1.29 is 17.8 Å². The van der Waals surface area contributed by atoms with Crippen LogP contribution in [0.5, 0.6) is 0 Å². The molecular formula is C16H11BF2N2O. The van der Waals surface area contributed by atoms with Gasteiger partial charge in [-0.1, -0.05) is 42.5 Å². The Morgan fingerprint density at radius 1 is 0.955 bits per heavy atom. The predicted octanol–water partition coefficient (Wildman–Crippen LogP) is 3.27. The smallest absolute Gasteiger partial charge is 0.599 e. The van der Waals surface area contributed by atoms with E-state index in [-0.39, 0.29) is 5.76 Å². The van der Waals surface area contributed by atoms with Crippen molar-refractivity contribution in [1.29, 1.82) is 0 Å². The van der Waals surface area contributed by atoms with Gasteiger partial charge in [0.2, 0.25) is 0 Å². The average molecular weight is 296 g/mol. The van der Waals surface area contributed by atoms with Crippen LogP contribution in [0.15, 0.2) is 60.8 Å². The van der Waals surface area contributed by atoms with Crippen LogP contribution < -0.4 is 4.48 Å². The molecule has 4 rings (SSSR count). The highest BCUT2D eigenvalue weighted by Crippen LogP contribution is 2.28. The van der Waals surface area contributed by atoms with E-state index in [9.17, 15) is 8.63 Å². The average Bonchev–Trinajstić information content (AvgIpc) is 2.54. The first-order valence-corrected chi connectivity index (χ1v) is 6.92. The summed E-state index contributed by atoms with van der Waals surface area (Å²) < 4.78 is 35.1. The molecule has 0 N–H and O–H groups in total. The number of para-hydroxylation sites is 2. The molecule has 0 aliphatic carbocycles. The molecule has 2 aromatic carbocycles. The zero-order valence-corrected chi connectivity index (χ0v) is 11.5. The summed E-state index contributed by atoms with van der Waals surface area (Å²) in [6.07, 6.45) is 3.04. The summed E-state index contributed by atoms with van der Waals surface area (Å²) in [5.74, 6) is 0.155. The van der Waals surface area contributed by atoms with E-state index in [0.717, 1.165) is 4.48 Å². The molecule has 0 saturated heterocycles. The Morgan fingerprint density at radius 2 is 1.68 bits per heavy atom. The van der Waals surface area contributed by atoms with E-state index < -0.39 is 7.04 Å². The summed E-state index contributed by atoms with van der Waals surface area (Å²) in [5, 5.41) is 0. The third-order valence-electron chi connectivity index (χ3n) is 3.66. The van der Waals surface area contributed by atoms with E-state index >= 15 is 0 Å². The second kappa shape index (κ2) is 4.63. The number of fused-ring (bicyclic) bond motifs is 3. The number of rotatable bonds is 1. The topological polar surface area (TPSA) is 26.0 Å². The minimum Gasteiger partial charge on any atom is -0.599 e. The molecule has 1 aliphatic heterocycles. The maximum Gasteiger partial charge on any atom is 0.834 e. The number of halogens is 2. The Hall–Kier alpha value is -2.76. The molecular weight excluding hydrogens is 285 g/mol. The minimum absolute atomic E-state index is 0.155. The van der Waals surface area contributed by atoms with Crippen molar-refractivity contribution in [2.45, 2.75) is 0 Å². The van der Waals surface area contributed by atoms with Crippen molar-refractivity contribution in [3.63, 3.8) is 0 Å². The number of nitrogens with zero attached hydrogens (tertiary/aromatic N) is 2. The van der Waals surface area contributed by atoms with Crippen molar-refractivity contribution >= 4 is 29.9 Å². The van der Waals surface area contributed by atoms with Gasteiger partial charge in [0, 0.05) is 17.7 Å². The molecule has 0 bridgehead atoms. The second-order valence-corrected chi connectivity index (χ2v) is 5.10. The molecule has 0 radical (unpaired) electrons. The van der Waals surface area contributed by atoms with Gasteiger partial charge >= 0.3 is 7.04 Å². The van der Waals surface area contributed by atoms with Gasteiger partial charge in [-0.15, -0.1) is 0 Å². The van der Waals surface area contributed by atoms with Crippen LogP contribution in [0, 0.1) is 0 Å². The van der Waals surface area contributed by atoms with Gasteiger partial charge in [0.1, 0.15) is 5.52 Å². The SMILES string of the molecule is F[B-]1(F)OC(c2ccccc2)=Cc2cnc3ccccc3[n+]21. The molecule has 0 amide bonds. The molecule has 3 aromatic rings. The molecule has 0 atom stereocenters. The fourth-order valence-electron chi connectivity index (χ4n) is 2.68. The lowest BCUT2D eigenvalue weighted by Crippen LogP contribution is -2.64. The molecule has 22 heavy (non-hydrogen) atoms. The van der Waals surface area contributed by atoms with Crippen LogP contribution in [-0.4, -0.2) is 12.0 Å². The molecule has 108 valence electrons. The summed E-state index contributed by atoms with van der Waals surface area (Å²) in [4.78, 5) is 4.24. The minimum atomic E-state index is -4.21. The summed E-state index contributed by atoms with van der Waals surface area (Å²) in [5.41, 5.74) is 1.80. The molecule has 1 aromatic heterocycles. The summed E-state index contributed by atoms with van der Waals surface area (Å²) in [6, 6.07) is 15.7. The van der Waals surface area contributed by atoms with Gasteiger partial charge in [-0.05, 0) is 6.07 Å². The van der Waals surface area contributed by atoms with Crippen LogP contribution in [0.1, 0.15) is 11.3 Å². The Bertz CT molecular complexity index is 897. The monoisotopic (exact) mass is 296 g/mol. The van der Waals surface area contributed by atoms with Crippen molar-refractivity contribution in [3.05, 3.63) is 72.1 Å². The molecule has 0 spiro atoms. The fourth-order valence-corrected chi connectivity index (χ4v) is 2.68. The Balaban J connectivity index is 1.98. The number of aromatic nitrogens is 2. The largest absolute Gasteiger partial charge is 0.834 e. The molecule has 1 aliphatic rings. The first-order valence-electron chi connectivity index (χ1n) is 6.92. The number of benzene rings is 2. The van der Waals surface area contributed by atoms with Gasteiger partial charge in [-0.3, -0.25) is 0 Å². The van der Waals surface area contributed by atoms with Crippen molar-refractivity contribution in [2.75, 3.05) is 0 Å². The Kier molecular flexibility index (Phi) is 2.72. The Labute approximate surface area is 125 Å². The molecule has 0 fully saturated rings. The van der Waals surface area contributed by atoms with E-state index in [1.807, 2.05) is 6.07 Å². The van der Waals surface area contributed by atoms with Crippen molar-refractivity contribution in [2.24, 2.45) is 0 Å². The van der Waals surface area contributed by atoms with Crippen LogP contribution >= 0.6 is 0 Å². The van der Waals surface area contributed by atoms with Crippen molar-refractivity contribution in [1.82, 2.24) is 4.98 Å². The lowest BCUT2D eigenvalue weighted by Gasteiger charge is -2.28. The normalized spacial score (nSPS) is 15.8. The quantitative estimate of drug-likeness (QED) is 0.644. The fraction of sp³-hybridized carbons (Fsp3) is 0. The number of hydrogen-bond donors (Lipinski definition) is 0. The van der Waals surface area contributed by atoms with E-state index in [2.05, 4.69) is 4.98 Å². The summed E-state index contributed by atoms with van der Waals surface area (Å²) >= 11 is 0. The summed E-state index contributed by atoms with van der Waals surface area (Å²) in [7, 11) is -4.21. The van der Waals surface area contributed by atoms with Crippen LogP contribution in [-0.2, 0) is 4.65 Å². The summed E-state index contributed by atoms with van der Waals surface area (Å²) in [6.45, 7) is 0. The molecule has 0 unspecified atom stereocenters. The standard InChI is InChI=1S/C16H11BF2N2O/c18-17(19)21-13(11-20-14-8-4-5-9-15(14)21)10-16(22-17)12-6-2-1-3-7-12/h1-11H. The lowest BCUT2D eigenvalue weighted by molar-refractivity contribution is -0.556. The third kappa shape index (κ3) is 1.96. The lowest BCUT2D eigenvalue weighted by atomic mass is 9.97. The highest BCUT2D eigenvalue weighted by molar-refractivity contribution is 6.51. The molecule has 6 heteroatoms. The third-order valence-corrected chi connectivity index (χ3v) is 3.66. The highest BCUT2D eigenvalue weighted by Gasteiger charge is 2.50. The van der Waals surface area contributed by atoms with E-state index in [1.54, 1.807) is 54.6 Å². The van der Waals surface area contributed by atoms with Gasteiger partial charge in [-0.2, -0.15) is 0 Å². The van der Waals surface area contributed by atoms with Gasteiger partial charge in [0.25, 0.3) is 0 Å². The zero-order valence-electron chi connectivity index (χ0n) is 11.5. The second-order valence-electron chi connectivity index (χ2n) is 5.10. The van der Waals surface area contributed by atoms with Gasteiger partial charge in [0.05, 0.1) is 12.0 Å². The molecule has 2 heterocycles. The van der Waals surface area contributed by atoms with E-state index in [4.69, 9.17) is 4.65 Å². The molecule has 0 saturated carbocycles. The maximum atomic E-state index is 14.6. The van der Waals surface area contributed by atoms with Crippen LogP contribution in [0.4, 0.5) is 8.63 Å². The van der Waals surface area contributed by atoms with Crippen LogP contribution in [0.2, 0.25) is 0 Å². The van der Waals surface area contributed by atoms with Gasteiger partial charge in [0.15, 0.2) is 11.2 Å². The van der Waals surface area contributed by atoms with Crippen molar-refractivity contribution in [3.8, 4) is 0 Å². The Morgan fingerprint density at radius 3 is 2.50 bits per heavy atom. The first-order chi connectivity index (χ1) is 10.6. The van der Waals surface area contributed by atoms with Crippen LogP contribution in [0.3, 0.4) is 0 Å². The highest BCUT2D eigenvalue weighted by atomic mass is 19.3. The van der Waals surface area contributed by atoms with Gasteiger partial charge < -0.3 is 17.8 Å². The zero-order chi connectivity index (χ0) is 15.2. The number of hydrogen-bond acceptors (Lipinski definition) is 2. The first kappa shape index (κ1) is 12.9. The van der Waals surface area contributed by atoms with E-state index in [1.165, 1.54) is 6.20 Å². The van der Waals surface area contributed by atoms with E-state index in [0.29, 0.717) is 22.3 Å². The van der Waals surface area contributed by atoms with Gasteiger partial charge in [-0.25, -0.2) is 4.98 Å². The maximum absolute atomic E-state index is 14.6. The predicted molar refractivity (Wildman–Crippen MR) is 80.7 cm³/mol. The molecule has 3 nitrogen and oxygen atoms in total. The van der Waals surface area contributed by atoms with Crippen LogP contribution in [0.25, 0.3) is 22.9 Å².